The maximum Gasteiger partial charge on any atom is 0.150 e. The largest absolute Gasteiger partial charge is 0.381 e. The number of para-hydroxylation sites is 1. The fourth-order valence-corrected chi connectivity index (χ4v) is 0.956. The predicted molar refractivity (Wildman–Crippen MR) is 51.1 cm³/mol. The van der Waals surface area contributed by atoms with Gasteiger partial charge in [-0.3, -0.25) is 4.84 Å². The van der Waals surface area contributed by atoms with Crippen LogP contribution in [0.1, 0.15) is 13.3 Å². The van der Waals surface area contributed by atoms with Gasteiger partial charge in [-0.1, -0.05) is 25.1 Å². The van der Waals surface area contributed by atoms with Crippen molar-refractivity contribution in [2.45, 2.75) is 13.3 Å². The summed E-state index contributed by atoms with van der Waals surface area (Å²) in [6.45, 7) is 2.83. The first-order chi connectivity index (χ1) is 6.36. The molecule has 72 valence electrons. The Bertz CT molecular complexity index is 226. The molecule has 3 heteroatoms. The molecule has 0 fully saturated rings. The summed E-state index contributed by atoms with van der Waals surface area (Å²) in [5, 5.41) is 1.47. The number of rotatable bonds is 5. The smallest absolute Gasteiger partial charge is 0.150 e. The zero-order valence-corrected chi connectivity index (χ0v) is 8.06. The fourth-order valence-electron chi connectivity index (χ4n) is 0.956. The van der Waals surface area contributed by atoms with E-state index in [1.807, 2.05) is 30.3 Å². The van der Waals surface area contributed by atoms with Crippen molar-refractivity contribution in [2.75, 3.05) is 13.7 Å². The van der Waals surface area contributed by atoms with Gasteiger partial charge in [0.15, 0.2) is 5.75 Å². The van der Waals surface area contributed by atoms with Crippen LogP contribution in [0, 0.1) is 0 Å². The Labute approximate surface area is 78.8 Å². The summed E-state index contributed by atoms with van der Waals surface area (Å²) in [5.74, 6) is 0.790. The first kappa shape index (κ1) is 10.0. The van der Waals surface area contributed by atoms with Crippen LogP contribution >= 0.6 is 0 Å². The summed E-state index contributed by atoms with van der Waals surface area (Å²) in [6.07, 6.45) is 0.987. The Hall–Kier alpha value is -1.06. The molecule has 0 aliphatic carbocycles. The van der Waals surface area contributed by atoms with Crippen molar-refractivity contribution in [3.05, 3.63) is 30.3 Å². The molecule has 0 heterocycles. The third-order valence-corrected chi connectivity index (χ3v) is 1.56. The third-order valence-electron chi connectivity index (χ3n) is 1.56. The van der Waals surface area contributed by atoms with Gasteiger partial charge >= 0.3 is 0 Å². The van der Waals surface area contributed by atoms with Gasteiger partial charge in [-0.15, -0.1) is 0 Å². The molecule has 0 bridgehead atoms. The minimum absolute atomic E-state index is 0.755. The molecule has 0 unspecified atom stereocenters. The van der Waals surface area contributed by atoms with Crippen molar-refractivity contribution in [1.29, 1.82) is 0 Å². The first-order valence-electron chi connectivity index (χ1n) is 4.41. The Morgan fingerprint density at radius 3 is 2.46 bits per heavy atom. The van der Waals surface area contributed by atoms with Gasteiger partial charge in [0.05, 0.1) is 13.7 Å². The molecular formula is C10H15NO2. The third kappa shape index (κ3) is 3.44. The first-order valence-corrected chi connectivity index (χ1v) is 4.41. The van der Waals surface area contributed by atoms with Gasteiger partial charge in [0.25, 0.3) is 0 Å². The number of hydroxylamine groups is 2. The topological polar surface area (TPSA) is 21.7 Å². The summed E-state index contributed by atoms with van der Waals surface area (Å²) < 4.78 is 0. The second kappa shape index (κ2) is 5.56. The number of nitrogens with zero attached hydrogens (tertiary/aromatic N) is 1. The molecule has 0 saturated heterocycles. The second-order valence-corrected chi connectivity index (χ2v) is 2.64. The van der Waals surface area contributed by atoms with Crippen LogP contribution < -0.4 is 4.84 Å². The summed E-state index contributed by atoms with van der Waals surface area (Å²) in [7, 11) is 1.60. The Balaban J connectivity index is 2.46. The highest BCUT2D eigenvalue weighted by molar-refractivity contribution is 5.20. The van der Waals surface area contributed by atoms with E-state index >= 15 is 0 Å². The van der Waals surface area contributed by atoms with Crippen molar-refractivity contribution in [2.24, 2.45) is 0 Å². The zero-order valence-electron chi connectivity index (χ0n) is 8.06. The molecule has 0 saturated carbocycles. The molecular weight excluding hydrogens is 166 g/mol. The molecule has 0 spiro atoms. The van der Waals surface area contributed by atoms with E-state index in [2.05, 4.69) is 6.92 Å². The predicted octanol–water partition coefficient (Wildman–Crippen LogP) is 2.25. The highest BCUT2D eigenvalue weighted by Crippen LogP contribution is 2.10. The molecule has 0 aliphatic heterocycles. The Morgan fingerprint density at radius 1 is 1.23 bits per heavy atom. The quantitative estimate of drug-likeness (QED) is 0.650. The summed E-state index contributed by atoms with van der Waals surface area (Å²) in [4.78, 5) is 10.4. The Kier molecular flexibility index (Phi) is 4.29. The maximum atomic E-state index is 5.42. The van der Waals surface area contributed by atoms with Gasteiger partial charge in [0.2, 0.25) is 0 Å². The summed E-state index contributed by atoms with van der Waals surface area (Å²) >= 11 is 0. The van der Waals surface area contributed by atoms with Gasteiger partial charge in [0, 0.05) is 0 Å². The van der Waals surface area contributed by atoms with Crippen LogP contribution in [0.3, 0.4) is 0 Å². The van der Waals surface area contributed by atoms with Gasteiger partial charge < -0.3 is 4.84 Å². The zero-order chi connectivity index (χ0) is 9.52. The lowest BCUT2D eigenvalue weighted by atomic mass is 10.3. The number of hydrogen-bond donors (Lipinski definition) is 0. The van der Waals surface area contributed by atoms with Crippen molar-refractivity contribution in [3.63, 3.8) is 0 Å². The lowest BCUT2D eigenvalue weighted by molar-refractivity contribution is -0.301. The SMILES string of the molecule is CCCN(OC)Oc1ccccc1. The number of benzene rings is 1. The van der Waals surface area contributed by atoms with Crippen molar-refractivity contribution in [1.82, 2.24) is 5.23 Å². The summed E-state index contributed by atoms with van der Waals surface area (Å²) in [6, 6.07) is 9.58. The minimum atomic E-state index is 0.755. The average Bonchev–Trinajstić information content (AvgIpc) is 2.19. The highest BCUT2D eigenvalue weighted by atomic mass is 16.9. The van der Waals surface area contributed by atoms with E-state index in [0.29, 0.717) is 0 Å². The molecule has 1 aromatic rings. The van der Waals surface area contributed by atoms with Crippen LogP contribution in [0.15, 0.2) is 30.3 Å². The van der Waals surface area contributed by atoms with Gasteiger partial charge in [-0.2, -0.15) is 0 Å². The van der Waals surface area contributed by atoms with E-state index in [4.69, 9.17) is 9.68 Å². The Morgan fingerprint density at radius 2 is 1.92 bits per heavy atom. The normalized spacial score (nSPS) is 10.4. The summed E-state index contributed by atoms with van der Waals surface area (Å²) in [5.41, 5.74) is 0. The van der Waals surface area contributed by atoms with E-state index < -0.39 is 0 Å². The lowest BCUT2D eigenvalue weighted by Gasteiger charge is -2.18. The molecule has 0 aromatic heterocycles. The van der Waals surface area contributed by atoms with Crippen LogP contribution in [0.25, 0.3) is 0 Å². The monoisotopic (exact) mass is 181 g/mol. The molecule has 0 radical (unpaired) electrons. The molecule has 0 aliphatic rings. The lowest BCUT2D eigenvalue weighted by Crippen LogP contribution is -2.26. The molecule has 3 nitrogen and oxygen atoms in total. The highest BCUT2D eigenvalue weighted by Gasteiger charge is 2.02. The van der Waals surface area contributed by atoms with Crippen LogP contribution in [-0.2, 0) is 4.84 Å². The van der Waals surface area contributed by atoms with Crippen molar-refractivity contribution >= 4 is 0 Å². The van der Waals surface area contributed by atoms with E-state index in [1.165, 1.54) is 5.23 Å². The van der Waals surface area contributed by atoms with Gasteiger partial charge in [-0.25, -0.2) is 0 Å². The van der Waals surface area contributed by atoms with Crippen LogP contribution in [-0.4, -0.2) is 18.9 Å². The van der Waals surface area contributed by atoms with Crippen LogP contribution in [0.4, 0.5) is 0 Å². The van der Waals surface area contributed by atoms with Gasteiger partial charge in [-0.05, 0) is 23.8 Å². The molecule has 0 N–H and O–H groups in total. The van der Waals surface area contributed by atoms with E-state index in [1.54, 1.807) is 7.11 Å². The average molecular weight is 181 g/mol. The fraction of sp³-hybridized carbons (Fsp3) is 0.400. The molecule has 0 atom stereocenters. The minimum Gasteiger partial charge on any atom is -0.381 e. The van der Waals surface area contributed by atoms with E-state index in [-0.39, 0.29) is 0 Å². The standard InChI is InChI=1S/C10H15NO2/c1-3-9-11(12-2)13-10-7-5-4-6-8-10/h4-8H,3,9H2,1-2H3. The maximum absolute atomic E-state index is 5.42. The molecule has 13 heavy (non-hydrogen) atoms. The van der Waals surface area contributed by atoms with Crippen LogP contribution in [0.2, 0.25) is 0 Å². The number of hydrogen-bond acceptors (Lipinski definition) is 3. The van der Waals surface area contributed by atoms with Crippen LogP contribution in [0.5, 0.6) is 5.75 Å². The molecule has 1 aromatic carbocycles. The van der Waals surface area contributed by atoms with E-state index in [9.17, 15) is 0 Å². The molecule has 1 rings (SSSR count). The second-order valence-electron chi connectivity index (χ2n) is 2.64. The van der Waals surface area contributed by atoms with E-state index in [0.717, 1.165) is 18.7 Å². The molecule has 0 amide bonds. The van der Waals surface area contributed by atoms with Gasteiger partial charge in [0.1, 0.15) is 0 Å². The van der Waals surface area contributed by atoms with Crippen molar-refractivity contribution < 1.29 is 9.68 Å². The van der Waals surface area contributed by atoms with Crippen molar-refractivity contribution in [3.8, 4) is 5.75 Å².